The van der Waals surface area contributed by atoms with Gasteiger partial charge in [-0.05, 0) is 55.0 Å². The van der Waals surface area contributed by atoms with E-state index in [0.717, 1.165) is 12.8 Å². The minimum absolute atomic E-state index is 0.00424. The van der Waals surface area contributed by atoms with E-state index in [0.29, 0.717) is 23.4 Å². The third-order valence-corrected chi connectivity index (χ3v) is 6.83. The first-order valence-electron chi connectivity index (χ1n) is 14.5. The Morgan fingerprint density at radius 2 is 0.947 bits per heavy atom. The lowest BCUT2D eigenvalue weighted by Gasteiger charge is -2.08. The summed E-state index contributed by atoms with van der Waals surface area (Å²) in [5, 5.41) is 14.6. The molecule has 0 saturated carbocycles. The van der Waals surface area contributed by atoms with E-state index in [1.807, 2.05) is 0 Å². The van der Waals surface area contributed by atoms with Gasteiger partial charge in [-0.3, -0.25) is 9.59 Å². The minimum atomic E-state index is -1.01. The third-order valence-electron chi connectivity index (χ3n) is 6.83. The van der Waals surface area contributed by atoms with Crippen LogP contribution in [0.3, 0.4) is 0 Å². The van der Waals surface area contributed by atoms with Crippen LogP contribution < -0.4 is 10.6 Å². The van der Waals surface area contributed by atoms with E-state index < -0.39 is 5.97 Å². The lowest BCUT2D eigenvalue weighted by atomic mass is 10.0. The van der Waals surface area contributed by atoms with Crippen LogP contribution >= 0.6 is 0 Å². The summed E-state index contributed by atoms with van der Waals surface area (Å²) >= 11 is 0. The molecule has 0 aliphatic heterocycles. The molecule has 38 heavy (non-hydrogen) atoms. The van der Waals surface area contributed by atoms with Gasteiger partial charge in [-0.1, -0.05) is 96.8 Å². The maximum atomic E-state index is 12.4. The Balaban J connectivity index is 1.50. The number of carboxylic acid groups (broad SMARTS) is 1. The Bertz CT molecular complexity index is 954. The van der Waals surface area contributed by atoms with Crippen molar-refractivity contribution in [3.8, 4) is 0 Å². The predicted octanol–water partition coefficient (Wildman–Crippen LogP) is 8.84. The number of nitrogens with one attached hydrogen (secondary N) is 2. The van der Waals surface area contributed by atoms with Crippen molar-refractivity contribution in [1.82, 2.24) is 0 Å². The molecule has 3 N–H and O–H groups in total. The van der Waals surface area contributed by atoms with Crippen LogP contribution in [-0.4, -0.2) is 22.9 Å². The van der Waals surface area contributed by atoms with E-state index >= 15 is 0 Å². The molecule has 0 aliphatic carbocycles. The zero-order valence-electron chi connectivity index (χ0n) is 23.1. The zero-order chi connectivity index (χ0) is 27.4. The quantitative estimate of drug-likeness (QED) is 0.151. The van der Waals surface area contributed by atoms with E-state index in [1.54, 1.807) is 36.4 Å². The molecule has 0 aromatic heterocycles. The van der Waals surface area contributed by atoms with Gasteiger partial charge in [0.1, 0.15) is 0 Å². The second kappa shape index (κ2) is 19.0. The average molecular weight is 523 g/mol. The summed E-state index contributed by atoms with van der Waals surface area (Å²) in [5.41, 5.74) is 1.79. The molecule has 0 bridgehead atoms. The van der Waals surface area contributed by atoms with Crippen LogP contribution in [-0.2, 0) is 4.79 Å². The highest BCUT2D eigenvalue weighted by atomic mass is 16.4. The molecule has 0 heterocycles. The van der Waals surface area contributed by atoms with Crippen molar-refractivity contribution >= 4 is 29.2 Å². The molecule has 6 heteroatoms. The van der Waals surface area contributed by atoms with Crippen molar-refractivity contribution in [1.29, 1.82) is 0 Å². The highest BCUT2D eigenvalue weighted by molar-refractivity contribution is 6.04. The van der Waals surface area contributed by atoms with Gasteiger partial charge >= 0.3 is 5.97 Å². The number of carbonyl (C=O) groups excluding carboxylic acids is 2. The maximum Gasteiger partial charge on any atom is 0.335 e. The molecule has 0 saturated heterocycles. The summed E-state index contributed by atoms with van der Waals surface area (Å²) in [6.07, 6.45) is 20.0. The smallest absolute Gasteiger partial charge is 0.335 e. The van der Waals surface area contributed by atoms with Gasteiger partial charge in [0.25, 0.3) is 5.91 Å². The molecule has 0 fully saturated rings. The molecule has 6 nitrogen and oxygen atoms in total. The average Bonchev–Trinajstić information content (AvgIpc) is 2.91. The Labute approximate surface area is 228 Å². The normalized spacial score (nSPS) is 10.8. The van der Waals surface area contributed by atoms with Crippen LogP contribution in [0.2, 0.25) is 0 Å². The Hall–Kier alpha value is -3.15. The Kier molecular flexibility index (Phi) is 15.5. The summed E-state index contributed by atoms with van der Waals surface area (Å²) in [7, 11) is 0. The number of hydrogen-bond acceptors (Lipinski definition) is 3. The summed E-state index contributed by atoms with van der Waals surface area (Å²) in [6, 6.07) is 12.7. The number of rotatable bonds is 20. The monoisotopic (exact) mass is 522 g/mol. The van der Waals surface area contributed by atoms with E-state index in [4.69, 9.17) is 5.11 Å². The molecule has 0 atom stereocenters. The molecule has 0 aliphatic rings. The maximum absolute atomic E-state index is 12.4. The zero-order valence-corrected chi connectivity index (χ0v) is 23.1. The van der Waals surface area contributed by atoms with Crippen LogP contribution in [0.25, 0.3) is 0 Å². The van der Waals surface area contributed by atoms with Crippen molar-refractivity contribution in [3.05, 3.63) is 59.7 Å². The van der Waals surface area contributed by atoms with Crippen molar-refractivity contribution in [2.75, 3.05) is 10.6 Å². The first-order chi connectivity index (χ1) is 18.5. The second-order valence-electron chi connectivity index (χ2n) is 10.2. The summed E-state index contributed by atoms with van der Waals surface area (Å²) in [4.78, 5) is 35.6. The third kappa shape index (κ3) is 13.4. The number of benzene rings is 2. The molecule has 2 rings (SSSR count). The van der Waals surface area contributed by atoms with Crippen LogP contribution in [0, 0.1) is 0 Å². The van der Waals surface area contributed by atoms with E-state index in [-0.39, 0.29) is 17.4 Å². The van der Waals surface area contributed by atoms with Crippen molar-refractivity contribution in [3.63, 3.8) is 0 Å². The largest absolute Gasteiger partial charge is 0.478 e. The van der Waals surface area contributed by atoms with Crippen molar-refractivity contribution in [2.24, 2.45) is 0 Å². The van der Waals surface area contributed by atoms with Crippen LogP contribution in [0.4, 0.5) is 11.4 Å². The molecule has 0 radical (unpaired) electrons. The number of amides is 2. The van der Waals surface area contributed by atoms with E-state index in [1.165, 1.54) is 95.6 Å². The number of aromatic carboxylic acids is 1. The number of anilines is 2. The van der Waals surface area contributed by atoms with Gasteiger partial charge in [0.15, 0.2) is 0 Å². The van der Waals surface area contributed by atoms with Crippen molar-refractivity contribution in [2.45, 2.75) is 110 Å². The molecule has 2 amide bonds. The predicted molar refractivity (Wildman–Crippen MR) is 156 cm³/mol. The van der Waals surface area contributed by atoms with E-state index in [9.17, 15) is 14.4 Å². The van der Waals surface area contributed by atoms with Gasteiger partial charge in [-0.15, -0.1) is 0 Å². The SMILES string of the molecule is CCCCCCCCCCCCCCCCCC(=O)Nc1ccc(C(=O)Nc2ccc(C(=O)O)cc2)cc1. The lowest BCUT2D eigenvalue weighted by Crippen LogP contribution is -2.13. The molecular formula is C32H46N2O4. The second-order valence-corrected chi connectivity index (χ2v) is 10.2. The Morgan fingerprint density at radius 1 is 0.553 bits per heavy atom. The van der Waals surface area contributed by atoms with Gasteiger partial charge in [0, 0.05) is 23.4 Å². The van der Waals surface area contributed by atoms with E-state index in [2.05, 4.69) is 17.6 Å². The first kappa shape index (κ1) is 31.1. The number of hydrogen-bond donors (Lipinski definition) is 3. The van der Waals surface area contributed by atoms with Gasteiger partial charge in [0.05, 0.1) is 5.56 Å². The fraction of sp³-hybridized carbons (Fsp3) is 0.531. The van der Waals surface area contributed by atoms with Crippen LogP contribution in [0.5, 0.6) is 0 Å². The number of unbranched alkanes of at least 4 members (excludes halogenated alkanes) is 14. The highest BCUT2D eigenvalue weighted by Gasteiger charge is 2.09. The van der Waals surface area contributed by atoms with Crippen molar-refractivity contribution < 1.29 is 19.5 Å². The summed E-state index contributed by atoms with van der Waals surface area (Å²) in [6.45, 7) is 2.26. The molecule has 2 aromatic rings. The fourth-order valence-electron chi connectivity index (χ4n) is 4.48. The minimum Gasteiger partial charge on any atom is -0.478 e. The molecule has 0 unspecified atom stereocenters. The van der Waals surface area contributed by atoms with Gasteiger partial charge in [-0.25, -0.2) is 4.79 Å². The van der Waals surface area contributed by atoms with Gasteiger partial charge < -0.3 is 15.7 Å². The molecule has 0 spiro atoms. The summed E-state index contributed by atoms with van der Waals surface area (Å²) < 4.78 is 0. The van der Waals surface area contributed by atoms with Crippen LogP contribution in [0.15, 0.2) is 48.5 Å². The highest BCUT2D eigenvalue weighted by Crippen LogP contribution is 2.16. The van der Waals surface area contributed by atoms with Gasteiger partial charge in [-0.2, -0.15) is 0 Å². The van der Waals surface area contributed by atoms with Crippen LogP contribution in [0.1, 0.15) is 130 Å². The standard InChI is InChI=1S/C32H46N2O4/c1-2-3-4-5-6-7-8-9-10-11-12-13-14-15-16-17-30(35)33-28-22-18-26(19-23-28)31(36)34-29-24-20-27(21-25-29)32(37)38/h18-25H,2-17H2,1H3,(H,33,35)(H,34,36)(H,37,38). The topological polar surface area (TPSA) is 95.5 Å². The number of carbonyl (C=O) groups is 3. The molecule has 208 valence electrons. The summed E-state index contributed by atoms with van der Waals surface area (Å²) in [5.74, 6) is -1.32. The Morgan fingerprint density at radius 3 is 1.39 bits per heavy atom. The first-order valence-corrected chi connectivity index (χ1v) is 14.5. The molecular weight excluding hydrogens is 476 g/mol. The fourth-order valence-corrected chi connectivity index (χ4v) is 4.48. The lowest BCUT2D eigenvalue weighted by molar-refractivity contribution is -0.116. The molecule has 2 aromatic carbocycles. The van der Waals surface area contributed by atoms with Gasteiger partial charge in [0.2, 0.25) is 5.91 Å². The number of carboxylic acids is 1.